The van der Waals surface area contributed by atoms with Crippen LogP contribution in [0.2, 0.25) is 0 Å². The Kier molecular flexibility index (Phi) is 5.64. The standard InChI is InChI=1S/C12H19FNO4P/c1-3-17-19(16,18-4-2)12(15,9-14)10-6-5-7-11(13)8-10/h5-8,15H,3-4,9,14H2,1-2H3/t12-/m0/s1. The molecule has 0 heterocycles. The number of rotatable bonds is 7. The average molecular weight is 291 g/mol. The van der Waals surface area contributed by atoms with Gasteiger partial charge < -0.3 is 19.9 Å². The molecule has 0 saturated carbocycles. The Bertz CT molecular complexity index is 461. The molecule has 0 bridgehead atoms. The Morgan fingerprint density at radius 2 is 1.95 bits per heavy atom. The van der Waals surface area contributed by atoms with E-state index in [-0.39, 0.29) is 18.8 Å². The first kappa shape index (κ1) is 16.3. The molecular formula is C12H19FNO4P. The van der Waals surface area contributed by atoms with Crippen LogP contribution in [0.15, 0.2) is 24.3 Å². The SMILES string of the molecule is CCOP(=O)(OCC)[C@@](O)(CN)c1cccc(F)c1. The van der Waals surface area contributed by atoms with Crippen LogP contribution in [0.1, 0.15) is 19.4 Å². The summed E-state index contributed by atoms with van der Waals surface area (Å²) in [7, 11) is -3.92. The fourth-order valence-electron chi connectivity index (χ4n) is 1.72. The van der Waals surface area contributed by atoms with Crippen molar-refractivity contribution in [3.8, 4) is 0 Å². The van der Waals surface area contributed by atoms with Gasteiger partial charge >= 0.3 is 7.60 Å². The summed E-state index contributed by atoms with van der Waals surface area (Å²) in [5.41, 5.74) is 5.60. The lowest BCUT2D eigenvalue weighted by atomic mass is 10.1. The van der Waals surface area contributed by atoms with Gasteiger partial charge in [0.05, 0.1) is 13.2 Å². The zero-order valence-electron chi connectivity index (χ0n) is 11.0. The smallest absolute Gasteiger partial charge is 0.367 e. The summed E-state index contributed by atoms with van der Waals surface area (Å²) >= 11 is 0. The van der Waals surface area contributed by atoms with Crippen LogP contribution in [-0.2, 0) is 19.0 Å². The van der Waals surface area contributed by atoms with Gasteiger partial charge in [-0.2, -0.15) is 0 Å². The van der Waals surface area contributed by atoms with E-state index in [4.69, 9.17) is 14.8 Å². The van der Waals surface area contributed by atoms with E-state index in [1.807, 2.05) is 0 Å². The van der Waals surface area contributed by atoms with Crippen LogP contribution in [0.5, 0.6) is 0 Å². The number of hydrogen-bond donors (Lipinski definition) is 2. The first-order chi connectivity index (χ1) is 8.93. The minimum atomic E-state index is -3.92. The van der Waals surface area contributed by atoms with Crippen LogP contribution in [0.3, 0.4) is 0 Å². The maximum absolute atomic E-state index is 13.3. The Morgan fingerprint density at radius 3 is 2.37 bits per heavy atom. The molecule has 7 heteroatoms. The summed E-state index contributed by atoms with van der Waals surface area (Å²) in [6.07, 6.45) is 0. The fraction of sp³-hybridized carbons (Fsp3) is 0.500. The molecule has 19 heavy (non-hydrogen) atoms. The first-order valence-corrected chi connectivity index (χ1v) is 7.55. The van der Waals surface area contributed by atoms with Gasteiger partial charge in [-0.1, -0.05) is 12.1 Å². The van der Waals surface area contributed by atoms with Gasteiger partial charge in [0, 0.05) is 6.54 Å². The van der Waals surface area contributed by atoms with Gasteiger partial charge in [-0.15, -0.1) is 0 Å². The lowest BCUT2D eigenvalue weighted by molar-refractivity contribution is 0.0719. The second-order valence-corrected chi connectivity index (χ2v) is 6.12. The lowest BCUT2D eigenvalue weighted by Crippen LogP contribution is -2.36. The molecule has 108 valence electrons. The zero-order chi connectivity index (χ0) is 14.5. The van der Waals surface area contributed by atoms with E-state index < -0.39 is 25.3 Å². The summed E-state index contributed by atoms with van der Waals surface area (Å²) in [5, 5.41) is 8.52. The van der Waals surface area contributed by atoms with Crippen molar-refractivity contribution in [3.63, 3.8) is 0 Å². The summed E-state index contributed by atoms with van der Waals surface area (Å²) in [6.45, 7) is 2.99. The topological polar surface area (TPSA) is 81.8 Å². The number of benzene rings is 1. The number of hydrogen-bond acceptors (Lipinski definition) is 5. The summed E-state index contributed by atoms with van der Waals surface area (Å²) in [6, 6.07) is 5.11. The minimum absolute atomic E-state index is 0.0697. The second-order valence-electron chi connectivity index (χ2n) is 3.86. The second kappa shape index (κ2) is 6.59. The fourth-order valence-corrected chi connectivity index (χ4v) is 3.58. The van der Waals surface area contributed by atoms with Crippen molar-refractivity contribution in [1.29, 1.82) is 0 Å². The molecule has 0 spiro atoms. The third-order valence-electron chi connectivity index (χ3n) is 2.62. The van der Waals surface area contributed by atoms with Gasteiger partial charge in [-0.05, 0) is 31.5 Å². The average Bonchev–Trinajstić information content (AvgIpc) is 2.38. The molecular weight excluding hydrogens is 272 g/mol. The minimum Gasteiger partial charge on any atom is -0.372 e. The van der Waals surface area contributed by atoms with E-state index in [0.29, 0.717) is 0 Å². The van der Waals surface area contributed by atoms with Gasteiger partial charge in [0.25, 0.3) is 0 Å². The van der Waals surface area contributed by atoms with Gasteiger partial charge in [0.1, 0.15) is 5.82 Å². The predicted molar refractivity (Wildman–Crippen MR) is 70.2 cm³/mol. The molecule has 1 aromatic rings. The highest BCUT2D eigenvalue weighted by molar-refractivity contribution is 7.55. The van der Waals surface area contributed by atoms with E-state index in [2.05, 4.69) is 0 Å². The highest BCUT2D eigenvalue weighted by Crippen LogP contribution is 2.63. The Hall–Kier alpha value is -0.780. The molecule has 0 aliphatic rings. The zero-order valence-corrected chi connectivity index (χ0v) is 11.9. The van der Waals surface area contributed by atoms with Crippen molar-refractivity contribution in [2.45, 2.75) is 19.2 Å². The maximum atomic E-state index is 13.3. The van der Waals surface area contributed by atoms with Gasteiger partial charge in [-0.25, -0.2) is 4.39 Å². The first-order valence-electron chi connectivity index (χ1n) is 6.01. The van der Waals surface area contributed by atoms with Gasteiger partial charge in [0.2, 0.25) is 5.34 Å². The molecule has 1 atom stereocenters. The van der Waals surface area contributed by atoms with Crippen molar-refractivity contribution < 1.29 is 23.1 Å². The number of halogens is 1. The summed E-state index contributed by atoms with van der Waals surface area (Å²) in [5.74, 6) is -0.566. The van der Waals surface area contributed by atoms with E-state index in [9.17, 15) is 14.1 Å². The Labute approximate surface area is 112 Å². The van der Waals surface area contributed by atoms with E-state index in [1.54, 1.807) is 13.8 Å². The predicted octanol–water partition coefficient (Wildman–Crippen LogP) is 2.20. The number of aliphatic hydroxyl groups is 1. The van der Waals surface area contributed by atoms with E-state index in [1.165, 1.54) is 18.2 Å². The van der Waals surface area contributed by atoms with Crippen molar-refractivity contribution in [2.24, 2.45) is 5.73 Å². The lowest BCUT2D eigenvalue weighted by Gasteiger charge is -2.33. The largest absolute Gasteiger partial charge is 0.372 e. The third-order valence-corrected chi connectivity index (χ3v) is 5.17. The molecule has 0 saturated heterocycles. The molecule has 0 aliphatic heterocycles. The molecule has 0 amide bonds. The monoisotopic (exact) mass is 291 g/mol. The highest BCUT2D eigenvalue weighted by Gasteiger charge is 2.50. The van der Waals surface area contributed by atoms with Crippen LogP contribution in [0.4, 0.5) is 4.39 Å². The third kappa shape index (κ3) is 3.22. The molecule has 5 nitrogen and oxygen atoms in total. The van der Waals surface area contributed by atoms with Gasteiger partial charge in [0.15, 0.2) is 0 Å². The normalized spacial score (nSPS) is 15.2. The molecule has 1 aromatic carbocycles. The Balaban J connectivity index is 3.31. The van der Waals surface area contributed by atoms with Crippen molar-refractivity contribution in [1.82, 2.24) is 0 Å². The molecule has 0 aliphatic carbocycles. The van der Waals surface area contributed by atoms with Crippen molar-refractivity contribution in [2.75, 3.05) is 19.8 Å². The van der Waals surface area contributed by atoms with Crippen molar-refractivity contribution >= 4 is 7.60 Å². The summed E-state index contributed by atoms with van der Waals surface area (Å²) in [4.78, 5) is 0. The quantitative estimate of drug-likeness (QED) is 0.753. The molecule has 0 radical (unpaired) electrons. The van der Waals surface area contributed by atoms with Gasteiger partial charge in [-0.3, -0.25) is 4.57 Å². The van der Waals surface area contributed by atoms with Crippen LogP contribution >= 0.6 is 7.60 Å². The number of nitrogens with two attached hydrogens (primary N) is 1. The molecule has 1 rings (SSSR count). The molecule has 0 aromatic heterocycles. The van der Waals surface area contributed by atoms with E-state index in [0.717, 1.165) is 6.07 Å². The molecule has 0 fully saturated rings. The maximum Gasteiger partial charge on any atom is 0.367 e. The molecule has 0 unspecified atom stereocenters. The van der Waals surface area contributed by atoms with E-state index >= 15 is 0 Å². The Morgan fingerprint density at radius 1 is 1.37 bits per heavy atom. The van der Waals surface area contributed by atoms with Crippen LogP contribution in [0, 0.1) is 5.82 Å². The highest BCUT2D eigenvalue weighted by atomic mass is 31.2. The summed E-state index contributed by atoms with van der Waals surface area (Å²) < 4.78 is 36.2. The van der Waals surface area contributed by atoms with Crippen molar-refractivity contribution in [3.05, 3.63) is 35.6 Å². The van der Waals surface area contributed by atoms with Crippen LogP contribution in [-0.4, -0.2) is 24.9 Å². The van der Waals surface area contributed by atoms with Crippen LogP contribution in [0.25, 0.3) is 0 Å². The van der Waals surface area contributed by atoms with Crippen LogP contribution < -0.4 is 5.73 Å². The molecule has 3 N–H and O–H groups in total.